The van der Waals surface area contributed by atoms with Gasteiger partial charge in [0.15, 0.2) is 0 Å². The fourth-order valence-electron chi connectivity index (χ4n) is 1.25. The molecule has 1 aromatic heterocycles. The molecule has 0 unspecified atom stereocenters. The lowest BCUT2D eigenvalue weighted by Crippen LogP contribution is -2.28. The number of carboxylic acids is 2. The predicted molar refractivity (Wildman–Crippen MR) is 57.3 cm³/mol. The van der Waals surface area contributed by atoms with Gasteiger partial charge >= 0.3 is 11.9 Å². The van der Waals surface area contributed by atoms with Gasteiger partial charge in [0.1, 0.15) is 9.75 Å². The summed E-state index contributed by atoms with van der Waals surface area (Å²) in [7, 11) is 0. The number of rotatable bonds is 4. The zero-order valence-electron chi connectivity index (χ0n) is 9.03. The minimum atomic E-state index is -2.78. The second-order valence-corrected chi connectivity index (χ2v) is 5.04. The average Bonchev–Trinajstić information content (AvgIpc) is 2.61. The third-order valence-electron chi connectivity index (χ3n) is 2.38. The lowest BCUT2D eigenvalue weighted by molar-refractivity contribution is 0.0635. The molecule has 0 amide bonds. The van der Waals surface area contributed by atoms with Crippen molar-refractivity contribution in [2.45, 2.75) is 25.7 Å². The molecule has 0 aliphatic carbocycles. The normalized spacial score (nSPS) is 11.8. The molecule has 0 saturated heterocycles. The van der Waals surface area contributed by atoms with Crippen LogP contribution in [0.15, 0.2) is 6.07 Å². The van der Waals surface area contributed by atoms with Crippen LogP contribution in [0.2, 0.25) is 0 Å². The molecule has 0 aliphatic rings. The summed E-state index contributed by atoms with van der Waals surface area (Å²) in [5.41, 5.74) is -1.85. The van der Waals surface area contributed by atoms with Gasteiger partial charge in [-0.05, 0) is 11.6 Å². The van der Waals surface area contributed by atoms with E-state index in [0.717, 1.165) is 6.07 Å². The van der Waals surface area contributed by atoms with Crippen molar-refractivity contribution in [3.63, 3.8) is 0 Å². The monoisotopic (exact) mass is 264 g/mol. The first-order chi connectivity index (χ1) is 7.67. The van der Waals surface area contributed by atoms with Gasteiger partial charge in [-0.25, -0.2) is 18.4 Å². The average molecular weight is 264 g/mol. The number of hydrogen-bond acceptors (Lipinski definition) is 3. The first-order valence-electron chi connectivity index (χ1n) is 4.57. The maximum absolute atomic E-state index is 12.8. The van der Waals surface area contributed by atoms with Crippen LogP contribution in [0.3, 0.4) is 0 Å². The van der Waals surface area contributed by atoms with Gasteiger partial charge in [-0.3, -0.25) is 0 Å². The molecule has 0 atom stereocenters. The summed E-state index contributed by atoms with van der Waals surface area (Å²) < 4.78 is 25.6. The van der Waals surface area contributed by atoms with E-state index in [0.29, 0.717) is 11.3 Å². The zero-order chi connectivity index (χ0) is 13.4. The Morgan fingerprint density at radius 2 is 1.82 bits per heavy atom. The SMILES string of the molecule is CC(C)(c1cc(C(=O)O)sc1C(=O)O)C(F)F. The maximum atomic E-state index is 12.8. The Kier molecular flexibility index (Phi) is 3.51. The zero-order valence-corrected chi connectivity index (χ0v) is 9.85. The maximum Gasteiger partial charge on any atom is 0.346 e. The molecule has 0 radical (unpaired) electrons. The van der Waals surface area contributed by atoms with Crippen molar-refractivity contribution in [1.82, 2.24) is 0 Å². The van der Waals surface area contributed by atoms with Crippen LogP contribution < -0.4 is 0 Å². The van der Waals surface area contributed by atoms with Crippen LogP contribution in [0.5, 0.6) is 0 Å². The summed E-state index contributed by atoms with van der Waals surface area (Å²) in [4.78, 5) is 21.0. The molecule has 0 spiro atoms. The van der Waals surface area contributed by atoms with Gasteiger partial charge in [-0.15, -0.1) is 11.3 Å². The van der Waals surface area contributed by atoms with E-state index in [1.807, 2.05) is 0 Å². The number of carboxylic acid groups (broad SMARTS) is 2. The van der Waals surface area contributed by atoms with Crippen molar-refractivity contribution in [3.05, 3.63) is 21.4 Å². The van der Waals surface area contributed by atoms with Crippen molar-refractivity contribution in [1.29, 1.82) is 0 Å². The van der Waals surface area contributed by atoms with Crippen molar-refractivity contribution in [2.75, 3.05) is 0 Å². The predicted octanol–water partition coefficient (Wildman–Crippen LogP) is 2.69. The fourth-order valence-corrected chi connectivity index (χ4v) is 2.25. The largest absolute Gasteiger partial charge is 0.477 e. The molecule has 0 aromatic carbocycles. The molecule has 2 N–H and O–H groups in total. The van der Waals surface area contributed by atoms with Gasteiger partial charge in [0, 0.05) is 0 Å². The number of carbonyl (C=O) groups is 2. The number of alkyl halides is 2. The summed E-state index contributed by atoms with van der Waals surface area (Å²) >= 11 is 0.488. The minimum absolute atomic E-state index is 0.151. The van der Waals surface area contributed by atoms with Crippen LogP contribution in [0.4, 0.5) is 8.78 Å². The summed E-state index contributed by atoms with van der Waals surface area (Å²) in [5, 5.41) is 17.6. The van der Waals surface area contributed by atoms with Crippen molar-refractivity contribution < 1.29 is 28.6 Å². The summed E-state index contributed by atoms with van der Waals surface area (Å²) in [6.45, 7) is 2.36. The minimum Gasteiger partial charge on any atom is -0.477 e. The van der Waals surface area contributed by atoms with E-state index in [2.05, 4.69) is 0 Å². The first kappa shape index (κ1) is 13.6. The summed E-state index contributed by atoms with van der Waals surface area (Å²) in [6.07, 6.45) is -2.78. The molecular formula is C10H10F2O4S. The van der Waals surface area contributed by atoms with Gasteiger partial charge in [0.05, 0.1) is 5.41 Å². The van der Waals surface area contributed by atoms with E-state index in [4.69, 9.17) is 10.2 Å². The molecule has 17 heavy (non-hydrogen) atoms. The van der Waals surface area contributed by atoms with E-state index in [1.165, 1.54) is 13.8 Å². The molecule has 4 nitrogen and oxygen atoms in total. The van der Waals surface area contributed by atoms with E-state index in [9.17, 15) is 18.4 Å². The Labute approximate surface area is 99.5 Å². The third-order valence-corrected chi connectivity index (χ3v) is 3.49. The molecule has 1 heterocycles. The standard InChI is InChI=1S/C10H10F2O4S/c1-10(2,9(11)12)4-3-5(7(13)14)17-6(4)8(15)16/h3,9H,1-2H3,(H,13,14)(H,15,16). The quantitative estimate of drug-likeness (QED) is 0.876. The second kappa shape index (κ2) is 4.40. The molecule has 7 heteroatoms. The molecule has 0 bridgehead atoms. The molecule has 0 fully saturated rings. The van der Waals surface area contributed by atoms with Crippen molar-refractivity contribution >= 4 is 23.3 Å². The fraction of sp³-hybridized carbons (Fsp3) is 0.400. The molecule has 1 aromatic rings. The number of thiophene rings is 1. The van der Waals surface area contributed by atoms with Crippen molar-refractivity contribution in [2.24, 2.45) is 0 Å². The van der Waals surface area contributed by atoms with E-state index < -0.39 is 23.8 Å². The summed E-state index contributed by atoms with van der Waals surface area (Å²) in [6, 6.07) is 1.00. The third kappa shape index (κ3) is 2.44. The van der Waals surface area contributed by atoms with Gasteiger partial charge in [-0.2, -0.15) is 0 Å². The number of hydrogen-bond donors (Lipinski definition) is 2. The topological polar surface area (TPSA) is 74.6 Å². The Morgan fingerprint density at radius 1 is 1.29 bits per heavy atom. The second-order valence-electron chi connectivity index (χ2n) is 3.99. The van der Waals surface area contributed by atoms with E-state index in [-0.39, 0.29) is 15.3 Å². The van der Waals surface area contributed by atoms with Crippen LogP contribution in [0.25, 0.3) is 0 Å². The van der Waals surface area contributed by atoms with Crippen LogP contribution >= 0.6 is 11.3 Å². The Hall–Kier alpha value is -1.50. The van der Waals surface area contributed by atoms with Gasteiger partial charge < -0.3 is 10.2 Å². The highest BCUT2D eigenvalue weighted by Gasteiger charge is 2.37. The van der Waals surface area contributed by atoms with Crippen molar-refractivity contribution in [3.8, 4) is 0 Å². The smallest absolute Gasteiger partial charge is 0.346 e. The molecule has 0 saturated carbocycles. The van der Waals surface area contributed by atoms with E-state index >= 15 is 0 Å². The van der Waals surface area contributed by atoms with Crippen LogP contribution in [-0.4, -0.2) is 28.6 Å². The Bertz CT molecular complexity index is 465. The lowest BCUT2D eigenvalue weighted by Gasteiger charge is -2.23. The summed E-state index contributed by atoms with van der Waals surface area (Å²) in [5.74, 6) is -2.72. The highest BCUT2D eigenvalue weighted by molar-refractivity contribution is 7.16. The van der Waals surface area contributed by atoms with Crippen LogP contribution in [0.1, 0.15) is 38.8 Å². The molecule has 0 aliphatic heterocycles. The van der Waals surface area contributed by atoms with Gasteiger partial charge in [-0.1, -0.05) is 13.8 Å². The van der Waals surface area contributed by atoms with E-state index in [1.54, 1.807) is 0 Å². The lowest BCUT2D eigenvalue weighted by atomic mass is 9.85. The Morgan fingerprint density at radius 3 is 2.18 bits per heavy atom. The highest BCUT2D eigenvalue weighted by atomic mass is 32.1. The van der Waals surface area contributed by atoms with Gasteiger partial charge in [0.25, 0.3) is 0 Å². The number of halogens is 2. The first-order valence-corrected chi connectivity index (χ1v) is 5.38. The highest BCUT2D eigenvalue weighted by Crippen LogP contribution is 2.37. The van der Waals surface area contributed by atoms with Gasteiger partial charge in [0.2, 0.25) is 6.43 Å². The van der Waals surface area contributed by atoms with Crippen LogP contribution in [0, 0.1) is 0 Å². The van der Waals surface area contributed by atoms with Crippen LogP contribution in [-0.2, 0) is 5.41 Å². The molecule has 1 rings (SSSR count). The molecular weight excluding hydrogens is 254 g/mol. The Balaban J connectivity index is 3.41. The molecule has 94 valence electrons. The number of aromatic carboxylic acids is 2.